The number of benzene rings is 2. The lowest BCUT2D eigenvalue weighted by molar-refractivity contribution is -0.348. The molecule has 3 fully saturated rings. The van der Waals surface area contributed by atoms with Gasteiger partial charge in [-0.2, -0.15) is 0 Å². The largest absolute Gasteiger partial charge is 0.508 e. The van der Waals surface area contributed by atoms with Gasteiger partial charge in [-0.1, -0.05) is 0 Å². The van der Waals surface area contributed by atoms with Crippen LogP contribution in [0.2, 0.25) is 0 Å². The molecule has 19 nitrogen and oxygen atoms in total. The zero-order valence-electron chi connectivity index (χ0n) is 27.5. The molecule has 6 rings (SSSR count). The van der Waals surface area contributed by atoms with Crippen LogP contribution in [-0.2, 0) is 18.9 Å². The highest BCUT2D eigenvalue weighted by molar-refractivity contribution is 5.88. The summed E-state index contributed by atoms with van der Waals surface area (Å²) >= 11 is 0. The van der Waals surface area contributed by atoms with Gasteiger partial charge >= 0.3 is 0 Å². The first-order valence-electron chi connectivity index (χ1n) is 16.2. The average molecular weight is 741 g/mol. The van der Waals surface area contributed by atoms with Crippen molar-refractivity contribution in [3.8, 4) is 34.3 Å². The van der Waals surface area contributed by atoms with Gasteiger partial charge in [-0.3, -0.25) is 4.79 Å². The normalized spacial score (nSPS) is 38.2. The fourth-order valence-electron chi connectivity index (χ4n) is 6.22. The molecular weight excluding hydrogens is 700 g/mol. The minimum absolute atomic E-state index is 0.135. The molecule has 19 heteroatoms. The number of ether oxygens (including phenoxy) is 6. The van der Waals surface area contributed by atoms with E-state index in [2.05, 4.69) is 0 Å². The summed E-state index contributed by atoms with van der Waals surface area (Å²) in [7, 11) is 0. The molecule has 3 aliphatic heterocycles. The number of fused-ring (bicyclic) bond motifs is 1. The van der Waals surface area contributed by atoms with Crippen molar-refractivity contribution in [2.45, 2.75) is 106 Å². The highest BCUT2D eigenvalue weighted by Crippen LogP contribution is 2.39. The van der Waals surface area contributed by atoms with Crippen LogP contribution in [0.25, 0.3) is 22.3 Å². The number of aliphatic hydroxyl groups is 9. The molecule has 0 saturated carbocycles. The van der Waals surface area contributed by atoms with Gasteiger partial charge in [-0.15, -0.1) is 0 Å². The second-order valence-electron chi connectivity index (χ2n) is 12.9. The summed E-state index contributed by atoms with van der Waals surface area (Å²) in [6.07, 6.45) is -23.6. The summed E-state index contributed by atoms with van der Waals surface area (Å²) in [4.78, 5) is 14.0. The van der Waals surface area contributed by atoms with Crippen molar-refractivity contribution in [2.24, 2.45) is 0 Å². The smallest absolute Gasteiger partial charge is 0.239 e. The van der Waals surface area contributed by atoms with Crippen molar-refractivity contribution in [2.75, 3.05) is 6.61 Å². The lowest BCUT2D eigenvalue weighted by atomic mass is 9.97. The summed E-state index contributed by atoms with van der Waals surface area (Å²) in [6.45, 7) is 2.10. The molecule has 286 valence electrons. The van der Waals surface area contributed by atoms with Crippen molar-refractivity contribution >= 4 is 11.0 Å². The Morgan fingerprint density at radius 2 is 1.27 bits per heavy atom. The van der Waals surface area contributed by atoms with Gasteiger partial charge in [-0.05, 0) is 38.1 Å². The summed E-state index contributed by atoms with van der Waals surface area (Å²) in [5.74, 6) is -1.88. The standard InChI is InChI=1S/C33H40O19/c1-10-19(37)22(40)25(43)31(46-10)48-14-7-15(36)18-16(8-14)49-29(12-3-5-13(35)6-4-12)30(21(18)39)52-32-27(45)24(42)28(11(2)47-32)51-33-26(44)23(41)20(38)17(9-34)50-33/h3-8,10-11,17,19-20,22-28,31-38,40-45H,9H2,1-2H3. The predicted octanol–water partition coefficient (Wildman–Crippen LogP) is -2.89. The minimum Gasteiger partial charge on any atom is -0.508 e. The maximum atomic E-state index is 14.0. The Morgan fingerprint density at radius 1 is 0.673 bits per heavy atom. The van der Waals surface area contributed by atoms with Gasteiger partial charge in [0.15, 0.2) is 12.1 Å². The third kappa shape index (κ3) is 7.03. The van der Waals surface area contributed by atoms with Crippen molar-refractivity contribution in [1.29, 1.82) is 0 Å². The van der Waals surface area contributed by atoms with E-state index >= 15 is 0 Å². The van der Waals surface area contributed by atoms with E-state index in [9.17, 15) is 61.0 Å². The predicted molar refractivity (Wildman–Crippen MR) is 170 cm³/mol. The zero-order chi connectivity index (χ0) is 37.8. The summed E-state index contributed by atoms with van der Waals surface area (Å²) in [5.41, 5.74) is -1.08. The van der Waals surface area contributed by atoms with Gasteiger partial charge in [0.1, 0.15) is 89.3 Å². The number of aliphatic hydroxyl groups excluding tert-OH is 9. The Hall–Kier alpha value is -3.67. The molecule has 1 aromatic heterocycles. The van der Waals surface area contributed by atoms with Crippen LogP contribution in [0.5, 0.6) is 23.0 Å². The van der Waals surface area contributed by atoms with Gasteiger partial charge < -0.3 is 89.0 Å². The van der Waals surface area contributed by atoms with E-state index in [1.165, 1.54) is 44.2 Å². The van der Waals surface area contributed by atoms with Gasteiger partial charge in [0.2, 0.25) is 23.8 Å². The van der Waals surface area contributed by atoms with Crippen molar-refractivity contribution in [1.82, 2.24) is 0 Å². The molecule has 11 N–H and O–H groups in total. The van der Waals surface area contributed by atoms with Crippen LogP contribution in [0.3, 0.4) is 0 Å². The van der Waals surface area contributed by atoms with Crippen molar-refractivity contribution < 1.29 is 89.0 Å². The van der Waals surface area contributed by atoms with Crippen LogP contribution in [0.4, 0.5) is 0 Å². The lowest BCUT2D eigenvalue weighted by Gasteiger charge is -2.45. The van der Waals surface area contributed by atoms with Gasteiger partial charge in [0.25, 0.3) is 0 Å². The van der Waals surface area contributed by atoms with E-state index < -0.39 is 121 Å². The van der Waals surface area contributed by atoms with Gasteiger partial charge in [-0.25, -0.2) is 0 Å². The quantitative estimate of drug-likeness (QED) is 0.110. The maximum absolute atomic E-state index is 14.0. The second-order valence-corrected chi connectivity index (χ2v) is 12.9. The Labute approximate surface area is 293 Å². The fraction of sp³-hybridized carbons (Fsp3) is 0.545. The van der Waals surface area contributed by atoms with Crippen LogP contribution in [-0.4, -0.2) is 155 Å². The molecule has 4 heterocycles. The summed E-state index contributed by atoms with van der Waals surface area (Å²) in [5, 5.41) is 113. The van der Waals surface area contributed by atoms with E-state index in [0.29, 0.717) is 0 Å². The molecule has 3 aromatic rings. The Bertz CT molecular complexity index is 1760. The number of phenolic OH excluding ortho intramolecular Hbond substituents is 2. The molecule has 52 heavy (non-hydrogen) atoms. The Balaban J connectivity index is 1.31. The summed E-state index contributed by atoms with van der Waals surface area (Å²) in [6, 6.07) is 7.48. The number of phenols is 2. The van der Waals surface area contributed by atoms with E-state index in [0.717, 1.165) is 6.07 Å². The van der Waals surface area contributed by atoms with E-state index in [4.69, 9.17) is 32.8 Å². The first kappa shape index (κ1) is 38.1. The van der Waals surface area contributed by atoms with E-state index in [1.807, 2.05) is 0 Å². The fourth-order valence-corrected chi connectivity index (χ4v) is 6.22. The maximum Gasteiger partial charge on any atom is 0.239 e. The number of hydrogen-bond donors (Lipinski definition) is 11. The lowest BCUT2D eigenvalue weighted by Crippen LogP contribution is -2.64. The first-order valence-corrected chi connectivity index (χ1v) is 16.2. The Kier molecular flexibility index (Phi) is 11.0. The van der Waals surface area contributed by atoms with Crippen LogP contribution in [0.1, 0.15) is 13.8 Å². The molecule has 0 spiro atoms. The molecule has 0 amide bonds. The van der Waals surface area contributed by atoms with Crippen molar-refractivity contribution in [3.63, 3.8) is 0 Å². The molecule has 3 aliphatic rings. The van der Waals surface area contributed by atoms with Gasteiger partial charge in [0.05, 0.1) is 18.8 Å². The highest BCUT2D eigenvalue weighted by atomic mass is 16.7. The Morgan fingerprint density at radius 3 is 1.94 bits per heavy atom. The molecular formula is C33H40O19. The van der Waals surface area contributed by atoms with Crippen LogP contribution in [0.15, 0.2) is 45.6 Å². The first-order chi connectivity index (χ1) is 24.6. The highest BCUT2D eigenvalue weighted by Gasteiger charge is 2.50. The number of rotatable bonds is 8. The third-order valence-electron chi connectivity index (χ3n) is 9.25. The SMILES string of the molecule is CC1OC(Oc2cc(O)c3c(=O)c(OC4OC(C)C(OC5OC(CO)C(O)C(O)C5O)C(O)C4O)c(-c4ccc(O)cc4)oc3c2)C(O)C(O)C1O. The second kappa shape index (κ2) is 15.0. The topological polar surface area (TPSA) is 308 Å². The van der Waals surface area contributed by atoms with Gasteiger partial charge in [0, 0.05) is 17.7 Å². The van der Waals surface area contributed by atoms with Crippen molar-refractivity contribution in [3.05, 3.63) is 46.6 Å². The molecule has 0 radical (unpaired) electrons. The number of hydrogen-bond acceptors (Lipinski definition) is 19. The molecule has 0 aliphatic carbocycles. The van der Waals surface area contributed by atoms with Crippen LogP contribution < -0.4 is 14.9 Å². The molecule has 15 atom stereocenters. The molecule has 15 unspecified atom stereocenters. The monoisotopic (exact) mass is 740 g/mol. The zero-order valence-corrected chi connectivity index (χ0v) is 27.5. The molecule has 3 saturated heterocycles. The van der Waals surface area contributed by atoms with Crippen LogP contribution >= 0.6 is 0 Å². The minimum atomic E-state index is -1.95. The van der Waals surface area contributed by atoms with Crippen LogP contribution in [0, 0.1) is 0 Å². The average Bonchev–Trinajstić information content (AvgIpc) is 3.11. The number of aromatic hydroxyl groups is 2. The van der Waals surface area contributed by atoms with E-state index in [-0.39, 0.29) is 28.4 Å². The van der Waals surface area contributed by atoms with E-state index in [1.54, 1.807) is 0 Å². The molecule has 2 aromatic carbocycles. The third-order valence-corrected chi connectivity index (χ3v) is 9.25. The molecule has 0 bridgehead atoms. The summed E-state index contributed by atoms with van der Waals surface area (Å²) < 4.78 is 39.7.